The Morgan fingerprint density at radius 3 is 2.78 bits per heavy atom. The summed E-state index contributed by atoms with van der Waals surface area (Å²) >= 11 is 0. The minimum Gasteiger partial charge on any atom is -0.497 e. The minimum atomic E-state index is -0.734. The van der Waals surface area contributed by atoms with Gasteiger partial charge in [-0.3, -0.25) is 4.98 Å². The smallest absolute Gasteiger partial charge is 0.165 e. The summed E-state index contributed by atoms with van der Waals surface area (Å²) in [5.41, 5.74) is 6.09. The quantitative estimate of drug-likeness (QED) is 0.902. The maximum absolute atomic E-state index is 14.5. The predicted octanol–water partition coefficient (Wildman–Crippen LogP) is 2.06. The minimum absolute atomic E-state index is 0.352. The molecule has 1 fully saturated rings. The summed E-state index contributed by atoms with van der Waals surface area (Å²) in [7, 11) is 1.58. The van der Waals surface area contributed by atoms with Crippen molar-refractivity contribution in [1.29, 1.82) is 0 Å². The zero-order valence-electron chi connectivity index (χ0n) is 13.3. The lowest BCUT2D eigenvalue weighted by Gasteiger charge is -2.39. The first-order chi connectivity index (χ1) is 11.1. The van der Waals surface area contributed by atoms with Crippen LogP contribution in [0.1, 0.15) is 19.3 Å². The van der Waals surface area contributed by atoms with Crippen LogP contribution in [-0.4, -0.2) is 42.4 Å². The Labute approximate surface area is 134 Å². The summed E-state index contributed by atoms with van der Waals surface area (Å²) < 4.78 is 19.7. The van der Waals surface area contributed by atoms with Gasteiger partial charge in [-0.05, 0) is 44.0 Å². The standard InChI is InChI=1S/C17H22FN3O2/c1-23-12-2-3-15-13(10-12)16(14(18)11-20-15)21-8-5-17(22,4-7-19)6-9-21/h2-3,10-11,22H,4-9,19H2,1H3. The molecule has 6 heteroatoms. The highest BCUT2D eigenvalue weighted by molar-refractivity contribution is 5.93. The van der Waals surface area contributed by atoms with E-state index in [1.165, 1.54) is 6.20 Å². The zero-order valence-corrected chi connectivity index (χ0v) is 13.3. The monoisotopic (exact) mass is 319 g/mol. The molecule has 1 aliphatic rings. The van der Waals surface area contributed by atoms with E-state index in [1.807, 2.05) is 17.0 Å². The van der Waals surface area contributed by atoms with E-state index in [1.54, 1.807) is 13.2 Å². The molecule has 0 radical (unpaired) electrons. The van der Waals surface area contributed by atoms with Gasteiger partial charge >= 0.3 is 0 Å². The largest absolute Gasteiger partial charge is 0.497 e. The molecule has 0 unspecified atom stereocenters. The molecule has 0 bridgehead atoms. The van der Waals surface area contributed by atoms with Gasteiger partial charge in [-0.1, -0.05) is 0 Å². The normalized spacial score (nSPS) is 17.5. The predicted molar refractivity (Wildman–Crippen MR) is 88.3 cm³/mol. The molecule has 23 heavy (non-hydrogen) atoms. The molecule has 0 saturated carbocycles. The van der Waals surface area contributed by atoms with E-state index in [0.29, 0.717) is 50.3 Å². The van der Waals surface area contributed by atoms with E-state index < -0.39 is 5.60 Å². The maximum Gasteiger partial charge on any atom is 0.165 e. The Balaban J connectivity index is 1.95. The van der Waals surface area contributed by atoms with Gasteiger partial charge in [0.2, 0.25) is 0 Å². The van der Waals surface area contributed by atoms with Crippen LogP contribution in [0.15, 0.2) is 24.4 Å². The Morgan fingerprint density at radius 2 is 2.13 bits per heavy atom. The van der Waals surface area contributed by atoms with Crippen LogP contribution in [0.2, 0.25) is 0 Å². The Hall–Kier alpha value is -1.92. The molecular weight excluding hydrogens is 297 g/mol. The number of aromatic nitrogens is 1. The number of methoxy groups -OCH3 is 1. The molecular formula is C17H22FN3O2. The fraction of sp³-hybridized carbons (Fsp3) is 0.471. The van der Waals surface area contributed by atoms with Crippen molar-refractivity contribution >= 4 is 16.6 Å². The van der Waals surface area contributed by atoms with Crippen LogP contribution < -0.4 is 15.4 Å². The zero-order chi connectivity index (χ0) is 16.4. The molecule has 3 rings (SSSR count). The molecule has 124 valence electrons. The van der Waals surface area contributed by atoms with Crippen molar-refractivity contribution < 1.29 is 14.2 Å². The summed E-state index contributed by atoms with van der Waals surface area (Å²) in [6, 6.07) is 5.44. The second-order valence-electron chi connectivity index (χ2n) is 6.09. The lowest BCUT2D eigenvalue weighted by molar-refractivity contribution is 0.0103. The molecule has 0 atom stereocenters. The molecule has 1 aromatic heterocycles. The van der Waals surface area contributed by atoms with Gasteiger partial charge in [0.05, 0.1) is 30.1 Å². The fourth-order valence-corrected chi connectivity index (χ4v) is 3.25. The summed E-state index contributed by atoms with van der Waals surface area (Å²) in [4.78, 5) is 6.12. The molecule has 1 aliphatic heterocycles. The third-order valence-electron chi connectivity index (χ3n) is 4.62. The van der Waals surface area contributed by atoms with Gasteiger partial charge in [0.15, 0.2) is 5.82 Å². The highest BCUT2D eigenvalue weighted by Gasteiger charge is 2.32. The summed E-state index contributed by atoms with van der Waals surface area (Å²) in [6.07, 6.45) is 2.99. The third kappa shape index (κ3) is 3.09. The van der Waals surface area contributed by atoms with Gasteiger partial charge in [0.1, 0.15) is 5.75 Å². The average Bonchev–Trinajstić information content (AvgIpc) is 2.55. The van der Waals surface area contributed by atoms with Gasteiger partial charge in [0.25, 0.3) is 0 Å². The lowest BCUT2D eigenvalue weighted by atomic mass is 9.88. The van der Waals surface area contributed by atoms with E-state index in [-0.39, 0.29) is 5.82 Å². The molecule has 2 heterocycles. The van der Waals surface area contributed by atoms with Crippen LogP contribution >= 0.6 is 0 Å². The van der Waals surface area contributed by atoms with Crippen molar-refractivity contribution in [2.45, 2.75) is 24.9 Å². The molecule has 3 N–H and O–H groups in total. The van der Waals surface area contributed by atoms with E-state index in [2.05, 4.69) is 4.98 Å². The number of hydrogen-bond acceptors (Lipinski definition) is 5. The van der Waals surface area contributed by atoms with E-state index in [4.69, 9.17) is 10.5 Å². The van der Waals surface area contributed by atoms with E-state index >= 15 is 0 Å². The van der Waals surface area contributed by atoms with Gasteiger partial charge in [-0.15, -0.1) is 0 Å². The van der Waals surface area contributed by atoms with Crippen LogP contribution in [0.5, 0.6) is 5.75 Å². The number of hydrogen-bond donors (Lipinski definition) is 2. The number of anilines is 1. The van der Waals surface area contributed by atoms with Crippen LogP contribution in [0.4, 0.5) is 10.1 Å². The van der Waals surface area contributed by atoms with Gasteiger partial charge < -0.3 is 20.5 Å². The number of nitrogens with two attached hydrogens (primary N) is 1. The van der Waals surface area contributed by atoms with Gasteiger partial charge in [-0.25, -0.2) is 4.39 Å². The maximum atomic E-state index is 14.5. The van der Waals surface area contributed by atoms with Crippen LogP contribution in [0, 0.1) is 5.82 Å². The number of aliphatic hydroxyl groups is 1. The third-order valence-corrected chi connectivity index (χ3v) is 4.62. The highest BCUT2D eigenvalue weighted by atomic mass is 19.1. The van der Waals surface area contributed by atoms with E-state index in [0.717, 1.165) is 10.9 Å². The Morgan fingerprint density at radius 1 is 1.39 bits per heavy atom. The number of benzene rings is 1. The SMILES string of the molecule is COc1ccc2ncc(F)c(N3CCC(O)(CCN)CC3)c2c1. The van der Waals surface area contributed by atoms with Gasteiger partial charge in [-0.2, -0.15) is 0 Å². The Bertz CT molecular complexity index is 700. The fourth-order valence-electron chi connectivity index (χ4n) is 3.25. The first-order valence-corrected chi connectivity index (χ1v) is 7.86. The van der Waals surface area contributed by atoms with Crippen molar-refractivity contribution in [3.63, 3.8) is 0 Å². The summed E-state index contributed by atoms with van der Waals surface area (Å²) in [5, 5.41) is 11.2. The van der Waals surface area contributed by atoms with Crippen LogP contribution in [0.3, 0.4) is 0 Å². The lowest BCUT2D eigenvalue weighted by Crippen LogP contribution is -2.45. The van der Waals surface area contributed by atoms with Crippen molar-refractivity contribution in [2.24, 2.45) is 5.73 Å². The number of pyridine rings is 1. The van der Waals surface area contributed by atoms with Crippen LogP contribution in [0.25, 0.3) is 10.9 Å². The average molecular weight is 319 g/mol. The molecule has 5 nitrogen and oxygen atoms in total. The van der Waals surface area contributed by atoms with Crippen molar-refractivity contribution in [2.75, 3.05) is 31.6 Å². The first kappa shape index (κ1) is 16.0. The molecule has 1 aromatic carbocycles. The van der Waals surface area contributed by atoms with Crippen molar-refractivity contribution in [3.8, 4) is 5.75 Å². The van der Waals surface area contributed by atoms with Gasteiger partial charge in [0, 0.05) is 18.5 Å². The Kier molecular flexibility index (Phi) is 4.37. The second-order valence-corrected chi connectivity index (χ2v) is 6.09. The van der Waals surface area contributed by atoms with Crippen molar-refractivity contribution in [3.05, 3.63) is 30.2 Å². The molecule has 0 aliphatic carbocycles. The molecule has 1 saturated heterocycles. The first-order valence-electron chi connectivity index (χ1n) is 7.86. The van der Waals surface area contributed by atoms with E-state index in [9.17, 15) is 9.50 Å². The molecule has 2 aromatic rings. The molecule has 0 amide bonds. The number of nitrogens with zero attached hydrogens (tertiary/aromatic N) is 2. The number of piperidine rings is 1. The number of fused-ring (bicyclic) bond motifs is 1. The second kappa shape index (κ2) is 6.29. The molecule has 0 spiro atoms. The highest BCUT2D eigenvalue weighted by Crippen LogP contribution is 2.35. The summed E-state index contributed by atoms with van der Waals surface area (Å²) in [5.74, 6) is 0.317. The summed E-state index contributed by atoms with van der Waals surface area (Å²) in [6.45, 7) is 1.63. The topological polar surface area (TPSA) is 71.6 Å². The number of ether oxygens (including phenoxy) is 1. The number of rotatable bonds is 4. The van der Waals surface area contributed by atoms with Crippen LogP contribution in [-0.2, 0) is 0 Å². The number of halogens is 1. The van der Waals surface area contributed by atoms with Crippen molar-refractivity contribution in [1.82, 2.24) is 4.98 Å².